The zero-order chi connectivity index (χ0) is 33.8. The average Bonchev–Trinajstić information content (AvgIpc) is 3.57. The van der Waals surface area contributed by atoms with Crippen molar-refractivity contribution in [1.29, 1.82) is 0 Å². The lowest BCUT2D eigenvalue weighted by molar-refractivity contribution is -0.0775. The molecule has 0 radical (unpaired) electrons. The number of aliphatic hydroxyl groups is 2. The van der Waals surface area contributed by atoms with Crippen molar-refractivity contribution in [3.05, 3.63) is 81.7 Å². The molecule has 3 N–H and O–H groups in total. The second-order valence-corrected chi connectivity index (χ2v) is 15.4. The number of urea groups is 1. The number of methoxy groups -OCH3 is 1. The molecule has 254 valence electrons. The third kappa shape index (κ3) is 7.83. The number of nitrogens with one attached hydrogen (secondary N) is 1. The Balaban J connectivity index is 1.59. The first-order valence-corrected chi connectivity index (χ1v) is 18.0. The number of hydrogen-bond donors (Lipinski definition) is 3. The Bertz CT molecular complexity index is 1560. The smallest absolute Gasteiger partial charge is 0.317 e. The Morgan fingerprint density at radius 1 is 1.13 bits per heavy atom. The van der Waals surface area contributed by atoms with E-state index in [9.17, 15) is 19.8 Å². The molecule has 1 fully saturated rings. The van der Waals surface area contributed by atoms with Gasteiger partial charge in [-0.2, -0.15) is 0 Å². The topological polar surface area (TPSA) is 99.1 Å². The molecule has 3 aromatic rings. The number of benzene rings is 2. The van der Waals surface area contributed by atoms with Crippen molar-refractivity contribution in [2.75, 3.05) is 26.8 Å². The minimum Gasteiger partial charge on any atom is -0.393 e. The summed E-state index contributed by atoms with van der Waals surface area (Å²) in [4.78, 5) is 30.4. The van der Waals surface area contributed by atoms with E-state index in [-0.39, 0.29) is 30.3 Å². The SMILES string of the molecule is COCCCN(C[C@]1(O)CC[C@H]2c3ccc(cc3C(=O)c3cc4ccccc4s3)C[C@@H](O)CCC(C)=CCC[C@@]21C)C(=O)NC(C)C. The second-order valence-electron chi connectivity index (χ2n) is 14.3. The third-order valence-corrected chi connectivity index (χ3v) is 11.6. The Hall–Kier alpha value is -3.04. The number of thiophene rings is 1. The first-order valence-electron chi connectivity index (χ1n) is 17.2. The molecular weight excluding hydrogens is 609 g/mol. The van der Waals surface area contributed by atoms with E-state index in [2.05, 4.69) is 37.4 Å². The van der Waals surface area contributed by atoms with Gasteiger partial charge < -0.3 is 25.2 Å². The van der Waals surface area contributed by atoms with E-state index in [1.54, 1.807) is 12.0 Å². The van der Waals surface area contributed by atoms with Gasteiger partial charge in [0.25, 0.3) is 0 Å². The Labute approximate surface area is 284 Å². The molecule has 2 bridgehead atoms. The second kappa shape index (κ2) is 15.0. The van der Waals surface area contributed by atoms with Gasteiger partial charge in [0.2, 0.25) is 5.78 Å². The summed E-state index contributed by atoms with van der Waals surface area (Å²) < 4.78 is 6.37. The highest BCUT2D eigenvalue weighted by molar-refractivity contribution is 7.21. The zero-order valence-corrected chi connectivity index (χ0v) is 29.5. The monoisotopic (exact) mass is 660 g/mol. The minimum absolute atomic E-state index is 0.0179. The van der Waals surface area contributed by atoms with E-state index in [1.165, 1.54) is 16.9 Å². The summed E-state index contributed by atoms with van der Waals surface area (Å²) in [6.45, 7) is 9.36. The molecule has 2 amide bonds. The van der Waals surface area contributed by atoms with Crippen molar-refractivity contribution in [2.45, 2.75) is 103 Å². The summed E-state index contributed by atoms with van der Waals surface area (Å²) in [5, 5.41) is 27.8. The van der Waals surface area contributed by atoms with Crippen LogP contribution in [0, 0.1) is 5.41 Å². The number of amides is 2. The first kappa shape index (κ1) is 35.3. The molecule has 3 aliphatic rings. The van der Waals surface area contributed by atoms with Crippen molar-refractivity contribution in [1.82, 2.24) is 10.2 Å². The number of aliphatic hydroxyl groups excluding tert-OH is 1. The van der Waals surface area contributed by atoms with Gasteiger partial charge in [-0.25, -0.2) is 4.79 Å². The molecule has 0 spiro atoms. The van der Waals surface area contributed by atoms with Gasteiger partial charge >= 0.3 is 6.03 Å². The van der Waals surface area contributed by atoms with Crippen molar-refractivity contribution in [2.24, 2.45) is 5.41 Å². The summed E-state index contributed by atoms with van der Waals surface area (Å²) in [6, 6.07) is 15.9. The number of nitrogens with zero attached hydrogens (tertiary/aromatic N) is 1. The molecule has 47 heavy (non-hydrogen) atoms. The van der Waals surface area contributed by atoms with Crippen molar-refractivity contribution >= 4 is 33.2 Å². The van der Waals surface area contributed by atoms with Gasteiger partial charge in [0.1, 0.15) is 0 Å². The lowest BCUT2D eigenvalue weighted by atomic mass is 9.64. The molecule has 0 saturated heterocycles. The van der Waals surface area contributed by atoms with Crippen molar-refractivity contribution < 1.29 is 24.5 Å². The summed E-state index contributed by atoms with van der Waals surface area (Å²) in [5.41, 5.74) is 1.97. The van der Waals surface area contributed by atoms with E-state index in [1.807, 2.05) is 50.2 Å². The van der Waals surface area contributed by atoms with E-state index in [0.717, 1.165) is 34.1 Å². The summed E-state index contributed by atoms with van der Waals surface area (Å²) in [7, 11) is 1.66. The van der Waals surface area contributed by atoms with Crippen LogP contribution in [-0.2, 0) is 11.2 Å². The van der Waals surface area contributed by atoms with Crippen molar-refractivity contribution in [3.63, 3.8) is 0 Å². The van der Waals surface area contributed by atoms with Crippen LogP contribution in [0.4, 0.5) is 4.79 Å². The number of hydrogen-bond acceptors (Lipinski definition) is 6. The molecule has 1 aromatic heterocycles. The lowest BCUT2D eigenvalue weighted by Crippen LogP contribution is -2.56. The Morgan fingerprint density at radius 3 is 2.66 bits per heavy atom. The van der Waals surface area contributed by atoms with E-state index < -0.39 is 17.1 Å². The number of allylic oxidation sites excluding steroid dienone is 2. The van der Waals surface area contributed by atoms with Crippen LogP contribution in [-0.4, -0.2) is 71.5 Å². The molecule has 3 aliphatic carbocycles. The normalized spacial score (nSPS) is 25.0. The van der Waals surface area contributed by atoms with Crippen LogP contribution in [0.1, 0.15) is 105 Å². The molecule has 1 heterocycles. The number of carbonyl (C=O) groups is 2. The van der Waals surface area contributed by atoms with E-state index in [4.69, 9.17) is 4.74 Å². The predicted octanol–water partition coefficient (Wildman–Crippen LogP) is 7.63. The summed E-state index contributed by atoms with van der Waals surface area (Å²) >= 11 is 1.51. The maximum atomic E-state index is 14.5. The molecule has 4 atom stereocenters. The van der Waals surface area contributed by atoms with E-state index >= 15 is 0 Å². The number of ether oxygens (including phenoxy) is 1. The highest BCUT2D eigenvalue weighted by Gasteiger charge is 2.57. The quantitative estimate of drug-likeness (QED) is 0.125. The fourth-order valence-electron chi connectivity index (χ4n) is 7.73. The highest BCUT2D eigenvalue weighted by Crippen LogP contribution is 2.59. The van der Waals surface area contributed by atoms with Gasteiger partial charge in [0.05, 0.1) is 23.1 Å². The predicted molar refractivity (Wildman–Crippen MR) is 190 cm³/mol. The van der Waals surface area contributed by atoms with Crippen LogP contribution in [0.5, 0.6) is 0 Å². The molecule has 0 aliphatic heterocycles. The fourth-order valence-corrected chi connectivity index (χ4v) is 8.75. The lowest BCUT2D eigenvalue weighted by Gasteiger charge is -2.46. The first-order chi connectivity index (χ1) is 22.4. The fraction of sp³-hybridized carbons (Fsp3) is 0.538. The van der Waals surface area contributed by atoms with Gasteiger partial charge in [-0.05, 0) is 113 Å². The standard InChI is InChI=1S/C39H52N2O5S/c1-26(2)40-37(44)41(20-9-21-46-5)25-39(45)19-17-33-31-16-14-28(22-30(42)15-13-27(3)10-8-18-38(33,39)4)23-32(31)36(43)35-24-29-11-6-7-12-34(29)47-35/h6-7,10-12,14,16,23-24,26,30,33,42,45H,8-9,13,15,17-22,25H2,1-5H3,(H,40,44)/t30-,33-,38-,39+/m0/s1. The molecular formula is C39H52N2O5S. The van der Waals surface area contributed by atoms with Gasteiger partial charge in [0, 0.05) is 42.0 Å². The molecule has 7 nitrogen and oxygen atoms in total. The third-order valence-electron chi connectivity index (χ3n) is 10.5. The Kier molecular flexibility index (Phi) is 11.3. The van der Waals surface area contributed by atoms with Gasteiger partial charge in [-0.1, -0.05) is 48.9 Å². The van der Waals surface area contributed by atoms with Crippen LogP contribution in [0.3, 0.4) is 0 Å². The number of rotatable bonds is 9. The maximum absolute atomic E-state index is 14.5. The maximum Gasteiger partial charge on any atom is 0.317 e. The van der Waals surface area contributed by atoms with Crippen LogP contribution in [0.2, 0.25) is 0 Å². The Morgan fingerprint density at radius 2 is 1.91 bits per heavy atom. The molecule has 2 aromatic carbocycles. The molecule has 1 saturated carbocycles. The van der Waals surface area contributed by atoms with Crippen LogP contribution in [0.25, 0.3) is 10.1 Å². The van der Waals surface area contributed by atoms with Gasteiger partial charge in [-0.3, -0.25) is 4.79 Å². The largest absolute Gasteiger partial charge is 0.393 e. The minimum atomic E-state index is -1.18. The molecule has 8 heteroatoms. The summed E-state index contributed by atoms with van der Waals surface area (Å²) in [5.74, 6) is -0.124. The molecule has 0 unspecified atom stereocenters. The average molecular weight is 661 g/mol. The van der Waals surface area contributed by atoms with E-state index in [0.29, 0.717) is 62.1 Å². The molecule has 6 rings (SSSR count). The van der Waals surface area contributed by atoms with Crippen LogP contribution >= 0.6 is 11.3 Å². The zero-order valence-electron chi connectivity index (χ0n) is 28.7. The highest BCUT2D eigenvalue weighted by atomic mass is 32.1. The number of fused-ring (bicyclic) bond motifs is 9. The van der Waals surface area contributed by atoms with Crippen LogP contribution in [0.15, 0.2) is 60.2 Å². The van der Waals surface area contributed by atoms with Gasteiger partial charge in [-0.15, -0.1) is 11.3 Å². The number of ketones is 1. The summed E-state index contributed by atoms with van der Waals surface area (Å²) in [6.07, 6.45) is 7.00. The van der Waals surface area contributed by atoms with Gasteiger partial charge in [0.15, 0.2) is 0 Å². The number of carbonyl (C=O) groups excluding carboxylic acids is 2. The van der Waals surface area contributed by atoms with Crippen LogP contribution < -0.4 is 5.32 Å². The van der Waals surface area contributed by atoms with Crippen molar-refractivity contribution in [3.8, 4) is 0 Å².